The van der Waals surface area contributed by atoms with Crippen LogP contribution in [-0.4, -0.2) is 27.3 Å². The lowest BCUT2D eigenvalue weighted by atomic mass is 9.92. The van der Waals surface area contributed by atoms with Crippen LogP contribution >= 0.6 is 0 Å². The van der Waals surface area contributed by atoms with E-state index >= 15 is 0 Å². The van der Waals surface area contributed by atoms with Gasteiger partial charge in [0.25, 0.3) is 5.56 Å². The summed E-state index contributed by atoms with van der Waals surface area (Å²) >= 11 is 0. The first-order chi connectivity index (χ1) is 12.6. The zero-order valence-corrected chi connectivity index (χ0v) is 15.6. The van der Waals surface area contributed by atoms with Crippen LogP contribution in [0.25, 0.3) is 22.4 Å². The number of imidazole rings is 1. The maximum Gasteiger partial charge on any atom is 0.253 e. The lowest BCUT2D eigenvalue weighted by molar-refractivity contribution is 0.0521. The number of pyridine rings is 1. The van der Waals surface area contributed by atoms with Gasteiger partial charge in [-0.1, -0.05) is 12.1 Å². The van der Waals surface area contributed by atoms with Crippen molar-refractivity contribution in [2.75, 3.05) is 13.2 Å². The Balaban J connectivity index is 1.90. The molecule has 0 bridgehead atoms. The molecular weight excluding hydrogens is 326 g/mol. The van der Waals surface area contributed by atoms with E-state index in [4.69, 9.17) is 9.72 Å². The average molecular weight is 351 g/mol. The molecule has 1 fully saturated rings. The molecule has 136 valence electrons. The van der Waals surface area contributed by atoms with Crippen molar-refractivity contribution in [1.29, 1.82) is 0 Å². The lowest BCUT2D eigenvalue weighted by Gasteiger charge is -2.30. The van der Waals surface area contributed by atoms with E-state index in [9.17, 15) is 4.79 Å². The van der Waals surface area contributed by atoms with E-state index in [1.165, 1.54) is 0 Å². The monoisotopic (exact) mass is 351 g/mol. The van der Waals surface area contributed by atoms with Crippen molar-refractivity contribution in [2.45, 2.75) is 32.7 Å². The molecule has 5 nitrogen and oxygen atoms in total. The molecule has 0 radical (unpaired) electrons. The molecule has 26 heavy (non-hydrogen) atoms. The predicted octanol–water partition coefficient (Wildman–Crippen LogP) is 3.70. The number of para-hydroxylation sites is 2. The standard InChI is InChI=1S/C21H25N3O2/c1-14-12-17(13-23(3)21(14)25)20-22-18-6-4-5-7-19(18)24(20)15(2)16-8-10-26-11-9-16/h4-7,12-13,15-16H,8-11H2,1-3H3. The maximum absolute atomic E-state index is 12.1. The highest BCUT2D eigenvalue weighted by molar-refractivity contribution is 5.80. The van der Waals surface area contributed by atoms with E-state index in [-0.39, 0.29) is 5.56 Å². The smallest absolute Gasteiger partial charge is 0.253 e. The molecule has 0 amide bonds. The van der Waals surface area contributed by atoms with Crippen LogP contribution in [0.5, 0.6) is 0 Å². The minimum atomic E-state index is 0.0360. The van der Waals surface area contributed by atoms with Gasteiger partial charge in [-0.05, 0) is 50.8 Å². The minimum absolute atomic E-state index is 0.0360. The summed E-state index contributed by atoms with van der Waals surface area (Å²) in [6.45, 7) is 5.80. The van der Waals surface area contributed by atoms with Crippen molar-refractivity contribution in [3.8, 4) is 11.4 Å². The topological polar surface area (TPSA) is 49.0 Å². The van der Waals surface area contributed by atoms with Crippen LogP contribution in [0.2, 0.25) is 0 Å². The molecule has 3 aromatic rings. The van der Waals surface area contributed by atoms with Gasteiger partial charge < -0.3 is 13.9 Å². The number of hydrogen-bond donors (Lipinski definition) is 0. The van der Waals surface area contributed by atoms with Crippen molar-refractivity contribution in [3.63, 3.8) is 0 Å². The number of nitrogens with zero attached hydrogens (tertiary/aromatic N) is 3. The van der Waals surface area contributed by atoms with Gasteiger partial charge in [-0.2, -0.15) is 0 Å². The van der Waals surface area contributed by atoms with Gasteiger partial charge in [0.1, 0.15) is 5.82 Å². The predicted molar refractivity (Wildman–Crippen MR) is 103 cm³/mol. The van der Waals surface area contributed by atoms with Crippen LogP contribution in [-0.2, 0) is 11.8 Å². The Hall–Kier alpha value is -2.40. The molecule has 1 unspecified atom stereocenters. The van der Waals surface area contributed by atoms with Gasteiger partial charge in [0, 0.05) is 43.6 Å². The fraction of sp³-hybridized carbons (Fsp3) is 0.429. The normalized spacial score (nSPS) is 16.9. The van der Waals surface area contributed by atoms with E-state index in [2.05, 4.69) is 29.7 Å². The molecule has 0 spiro atoms. The number of benzene rings is 1. The molecular formula is C21H25N3O2. The van der Waals surface area contributed by atoms with E-state index in [0.717, 1.165) is 54.0 Å². The zero-order chi connectivity index (χ0) is 18.3. The summed E-state index contributed by atoms with van der Waals surface area (Å²) in [7, 11) is 1.80. The number of aryl methyl sites for hydroxylation is 2. The fourth-order valence-corrected chi connectivity index (χ4v) is 4.07. The molecule has 1 aliphatic heterocycles. The summed E-state index contributed by atoms with van der Waals surface area (Å²) in [5.41, 5.74) is 3.90. The molecule has 3 heterocycles. The highest BCUT2D eigenvalue weighted by Crippen LogP contribution is 2.35. The van der Waals surface area contributed by atoms with Gasteiger partial charge in [-0.25, -0.2) is 4.98 Å². The second-order valence-corrected chi connectivity index (χ2v) is 7.31. The van der Waals surface area contributed by atoms with E-state index < -0.39 is 0 Å². The molecule has 1 aromatic carbocycles. The summed E-state index contributed by atoms with van der Waals surface area (Å²) in [6, 6.07) is 10.6. The van der Waals surface area contributed by atoms with E-state index in [1.54, 1.807) is 11.6 Å². The van der Waals surface area contributed by atoms with E-state index in [1.807, 2.05) is 25.3 Å². The Morgan fingerprint density at radius 1 is 1.23 bits per heavy atom. The number of rotatable bonds is 3. The average Bonchev–Trinajstić information content (AvgIpc) is 3.05. The van der Waals surface area contributed by atoms with Crippen molar-refractivity contribution in [2.24, 2.45) is 13.0 Å². The van der Waals surface area contributed by atoms with Crippen molar-refractivity contribution in [1.82, 2.24) is 14.1 Å². The third-order valence-corrected chi connectivity index (χ3v) is 5.57. The van der Waals surface area contributed by atoms with Gasteiger partial charge in [0.05, 0.1) is 11.0 Å². The summed E-state index contributed by atoms with van der Waals surface area (Å²) in [5, 5.41) is 0. The molecule has 0 aliphatic carbocycles. The van der Waals surface area contributed by atoms with Crippen LogP contribution in [0.3, 0.4) is 0 Å². The van der Waals surface area contributed by atoms with Gasteiger partial charge in [-0.3, -0.25) is 4.79 Å². The minimum Gasteiger partial charge on any atom is -0.381 e. The molecule has 2 aromatic heterocycles. The van der Waals surface area contributed by atoms with Gasteiger partial charge >= 0.3 is 0 Å². The van der Waals surface area contributed by atoms with Crippen LogP contribution in [0, 0.1) is 12.8 Å². The maximum atomic E-state index is 12.1. The molecule has 1 aliphatic rings. The Morgan fingerprint density at radius 3 is 2.69 bits per heavy atom. The summed E-state index contributed by atoms with van der Waals surface area (Å²) in [5.74, 6) is 1.50. The van der Waals surface area contributed by atoms with Crippen molar-refractivity contribution in [3.05, 3.63) is 52.4 Å². The summed E-state index contributed by atoms with van der Waals surface area (Å²) in [4.78, 5) is 17.0. The van der Waals surface area contributed by atoms with Gasteiger partial charge in [-0.15, -0.1) is 0 Å². The van der Waals surface area contributed by atoms with Crippen molar-refractivity contribution >= 4 is 11.0 Å². The third kappa shape index (κ3) is 2.86. The van der Waals surface area contributed by atoms with Crippen LogP contribution in [0.4, 0.5) is 0 Å². The van der Waals surface area contributed by atoms with E-state index in [0.29, 0.717) is 12.0 Å². The second-order valence-electron chi connectivity index (χ2n) is 7.31. The Kier molecular flexibility index (Phi) is 4.41. The van der Waals surface area contributed by atoms with Crippen LogP contribution in [0.15, 0.2) is 41.3 Å². The van der Waals surface area contributed by atoms with Gasteiger partial charge in [0.15, 0.2) is 0 Å². The molecule has 0 N–H and O–H groups in total. The SMILES string of the molecule is Cc1cc(-c2nc3ccccc3n2C(C)C2CCOCC2)cn(C)c1=O. The van der Waals surface area contributed by atoms with Crippen LogP contribution < -0.4 is 5.56 Å². The summed E-state index contributed by atoms with van der Waals surface area (Å²) < 4.78 is 9.55. The van der Waals surface area contributed by atoms with Crippen molar-refractivity contribution < 1.29 is 4.74 Å². The van der Waals surface area contributed by atoms with Gasteiger partial charge in [0.2, 0.25) is 0 Å². The zero-order valence-electron chi connectivity index (χ0n) is 15.6. The van der Waals surface area contributed by atoms with Crippen LogP contribution in [0.1, 0.15) is 31.4 Å². The quantitative estimate of drug-likeness (QED) is 0.723. The highest BCUT2D eigenvalue weighted by Gasteiger charge is 2.26. The fourth-order valence-electron chi connectivity index (χ4n) is 4.07. The third-order valence-electron chi connectivity index (χ3n) is 5.57. The Labute approximate surface area is 153 Å². The molecule has 0 saturated carbocycles. The molecule has 1 atom stereocenters. The number of fused-ring (bicyclic) bond motifs is 1. The Morgan fingerprint density at radius 2 is 1.96 bits per heavy atom. The largest absolute Gasteiger partial charge is 0.381 e. The number of hydrogen-bond acceptors (Lipinski definition) is 3. The molecule has 1 saturated heterocycles. The highest BCUT2D eigenvalue weighted by atomic mass is 16.5. The molecule has 5 heteroatoms. The first kappa shape index (κ1) is 17.0. The number of aromatic nitrogens is 3. The summed E-state index contributed by atoms with van der Waals surface area (Å²) in [6.07, 6.45) is 4.03. The number of ether oxygens (including phenoxy) is 1. The Bertz CT molecular complexity index is 970. The first-order valence-electron chi connectivity index (χ1n) is 9.28. The first-order valence-corrected chi connectivity index (χ1v) is 9.28. The molecule has 4 rings (SSSR count). The lowest BCUT2D eigenvalue weighted by Crippen LogP contribution is -2.25. The second kappa shape index (κ2) is 6.72.